The van der Waals surface area contributed by atoms with E-state index in [1.165, 1.54) is 13.0 Å². The molecule has 0 saturated carbocycles. The highest BCUT2D eigenvalue weighted by molar-refractivity contribution is 5.57. The molecule has 0 amide bonds. The van der Waals surface area contributed by atoms with Crippen molar-refractivity contribution in [2.45, 2.75) is 13.3 Å². The summed E-state index contributed by atoms with van der Waals surface area (Å²) in [4.78, 5) is 8.85. The normalized spacial score (nSPS) is 16.8. The minimum Gasteiger partial charge on any atom is -0.367 e. The van der Waals surface area contributed by atoms with Gasteiger partial charge in [0.2, 0.25) is 0 Å². The van der Waals surface area contributed by atoms with Crippen LogP contribution in [0.5, 0.6) is 0 Å². The summed E-state index contributed by atoms with van der Waals surface area (Å²) in [6.07, 6.45) is 4.68. The summed E-state index contributed by atoms with van der Waals surface area (Å²) >= 11 is 0. The molecule has 4 heteroatoms. The Balaban J connectivity index is 2.03. The van der Waals surface area contributed by atoms with Crippen molar-refractivity contribution in [2.75, 3.05) is 37.6 Å². The fraction of sp³-hybridized carbons (Fsp3) is 0.538. The molecular formula is C13H18N4. The van der Waals surface area contributed by atoms with Crippen LogP contribution in [0.1, 0.15) is 18.9 Å². The van der Waals surface area contributed by atoms with Gasteiger partial charge in [0.25, 0.3) is 0 Å². The van der Waals surface area contributed by atoms with Crippen LogP contribution in [0.25, 0.3) is 0 Å². The number of anilines is 1. The van der Waals surface area contributed by atoms with Gasteiger partial charge in [0, 0.05) is 32.4 Å². The van der Waals surface area contributed by atoms with E-state index in [1.54, 1.807) is 18.5 Å². The van der Waals surface area contributed by atoms with Crippen LogP contribution in [0, 0.1) is 11.3 Å². The van der Waals surface area contributed by atoms with Crippen LogP contribution in [0.4, 0.5) is 5.69 Å². The first-order valence-electron chi connectivity index (χ1n) is 6.16. The number of rotatable bonds is 3. The first-order valence-corrected chi connectivity index (χ1v) is 6.16. The van der Waals surface area contributed by atoms with E-state index in [-0.39, 0.29) is 0 Å². The molecule has 0 bridgehead atoms. The van der Waals surface area contributed by atoms with Crippen molar-refractivity contribution in [1.82, 2.24) is 9.88 Å². The average molecular weight is 230 g/mol. The third kappa shape index (κ3) is 2.75. The molecule has 0 aliphatic carbocycles. The molecule has 17 heavy (non-hydrogen) atoms. The standard InChI is InChI=1S/C13H18N4/c1-2-5-16-6-8-17(9-7-16)13-11-15-4-3-12(13)10-14/h3-4,11H,2,5-9H2,1H3. The predicted octanol–water partition coefficient (Wildman–Crippen LogP) is 1.49. The fourth-order valence-corrected chi connectivity index (χ4v) is 2.26. The lowest BCUT2D eigenvalue weighted by molar-refractivity contribution is 0.258. The molecule has 1 aliphatic heterocycles. The molecule has 1 aromatic heterocycles. The van der Waals surface area contributed by atoms with E-state index < -0.39 is 0 Å². The molecule has 1 saturated heterocycles. The first-order chi connectivity index (χ1) is 8.35. The number of hydrogen-bond donors (Lipinski definition) is 0. The van der Waals surface area contributed by atoms with Crippen LogP contribution < -0.4 is 4.90 Å². The van der Waals surface area contributed by atoms with Crippen molar-refractivity contribution < 1.29 is 0 Å². The Kier molecular flexibility index (Phi) is 3.94. The highest BCUT2D eigenvalue weighted by Gasteiger charge is 2.18. The summed E-state index contributed by atoms with van der Waals surface area (Å²) in [5.41, 5.74) is 1.70. The second kappa shape index (κ2) is 5.65. The predicted molar refractivity (Wildman–Crippen MR) is 67.9 cm³/mol. The number of nitriles is 1. The molecule has 2 rings (SSSR count). The van der Waals surface area contributed by atoms with Gasteiger partial charge in [0.05, 0.1) is 17.4 Å². The molecule has 0 unspecified atom stereocenters. The van der Waals surface area contributed by atoms with E-state index in [9.17, 15) is 0 Å². The molecule has 0 spiro atoms. The van der Waals surface area contributed by atoms with Gasteiger partial charge in [-0.05, 0) is 19.0 Å². The highest BCUT2D eigenvalue weighted by Crippen LogP contribution is 2.19. The fourth-order valence-electron chi connectivity index (χ4n) is 2.26. The molecule has 0 radical (unpaired) electrons. The first kappa shape index (κ1) is 11.9. The van der Waals surface area contributed by atoms with Crippen molar-refractivity contribution in [3.05, 3.63) is 24.0 Å². The summed E-state index contributed by atoms with van der Waals surface area (Å²) in [6, 6.07) is 4.02. The lowest BCUT2D eigenvalue weighted by Crippen LogP contribution is -2.46. The zero-order valence-electron chi connectivity index (χ0n) is 10.3. The van der Waals surface area contributed by atoms with Crippen LogP contribution in [0.3, 0.4) is 0 Å². The number of hydrogen-bond acceptors (Lipinski definition) is 4. The Bertz CT molecular complexity index is 402. The van der Waals surface area contributed by atoms with Crippen molar-refractivity contribution in [3.63, 3.8) is 0 Å². The summed E-state index contributed by atoms with van der Waals surface area (Å²) in [5, 5.41) is 9.07. The molecule has 90 valence electrons. The van der Waals surface area contributed by atoms with Gasteiger partial charge < -0.3 is 4.90 Å². The van der Waals surface area contributed by atoms with Crippen molar-refractivity contribution >= 4 is 5.69 Å². The van der Waals surface area contributed by atoms with Crippen LogP contribution >= 0.6 is 0 Å². The number of aromatic nitrogens is 1. The minimum absolute atomic E-state index is 0.726. The molecule has 2 heterocycles. The Labute approximate surface area is 102 Å². The van der Waals surface area contributed by atoms with Gasteiger partial charge in [-0.15, -0.1) is 0 Å². The number of pyridine rings is 1. The van der Waals surface area contributed by atoms with Gasteiger partial charge >= 0.3 is 0 Å². The van der Waals surface area contributed by atoms with Crippen molar-refractivity contribution in [3.8, 4) is 6.07 Å². The lowest BCUT2D eigenvalue weighted by Gasteiger charge is -2.36. The van der Waals surface area contributed by atoms with Crippen LogP contribution in [-0.4, -0.2) is 42.6 Å². The van der Waals surface area contributed by atoms with Gasteiger partial charge in [-0.25, -0.2) is 0 Å². The molecule has 1 fully saturated rings. The Hall–Kier alpha value is -1.60. The molecule has 4 nitrogen and oxygen atoms in total. The largest absolute Gasteiger partial charge is 0.367 e. The molecule has 0 atom stereocenters. The quantitative estimate of drug-likeness (QED) is 0.789. The van der Waals surface area contributed by atoms with Gasteiger partial charge in [-0.2, -0.15) is 5.26 Å². The highest BCUT2D eigenvalue weighted by atomic mass is 15.3. The molecule has 1 aromatic rings. The van der Waals surface area contributed by atoms with Gasteiger partial charge in [-0.1, -0.05) is 6.92 Å². The van der Waals surface area contributed by atoms with E-state index in [0.29, 0.717) is 0 Å². The maximum Gasteiger partial charge on any atom is 0.101 e. The maximum absolute atomic E-state index is 9.07. The molecular weight excluding hydrogens is 212 g/mol. The van der Waals surface area contributed by atoms with Gasteiger partial charge in [-0.3, -0.25) is 9.88 Å². The SMILES string of the molecule is CCCN1CCN(c2cnccc2C#N)CC1. The summed E-state index contributed by atoms with van der Waals surface area (Å²) in [7, 11) is 0. The topological polar surface area (TPSA) is 43.2 Å². The van der Waals surface area contributed by atoms with Crippen molar-refractivity contribution in [2.24, 2.45) is 0 Å². The second-order valence-electron chi connectivity index (χ2n) is 4.33. The van der Waals surface area contributed by atoms with Crippen LogP contribution in [-0.2, 0) is 0 Å². The number of piperazine rings is 1. The monoisotopic (exact) mass is 230 g/mol. The van der Waals surface area contributed by atoms with Gasteiger partial charge in [0.1, 0.15) is 6.07 Å². The van der Waals surface area contributed by atoms with E-state index in [1.807, 2.05) is 0 Å². The summed E-state index contributed by atoms with van der Waals surface area (Å²) in [5.74, 6) is 0. The third-order valence-electron chi connectivity index (χ3n) is 3.17. The number of nitrogens with zero attached hydrogens (tertiary/aromatic N) is 4. The average Bonchev–Trinajstić information content (AvgIpc) is 2.40. The van der Waals surface area contributed by atoms with Gasteiger partial charge in [0.15, 0.2) is 0 Å². The summed E-state index contributed by atoms with van der Waals surface area (Å²) in [6.45, 7) is 7.51. The molecule has 1 aliphatic rings. The lowest BCUT2D eigenvalue weighted by atomic mass is 10.2. The smallest absolute Gasteiger partial charge is 0.101 e. The van der Waals surface area contributed by atoms with Crippen LogP contribution in [0.15, 0.2) is 18.5 Å². The maximum atomic E-state index is 9.07. The minimum atomic E-state index is 0.726. The summed E-state index contributed by atoms with van der Waals surface area (Å²) < 4.78 is 0. The third-order valence-corrected chi connectivity index (χ3v) is 3.17. The van der Waals surface area contributed by atoms with Crippen molar-refractivity contribution in [1.29, 1.82) is 5.26 Å². The zero-order valence-corrected chi connectivity index (χ0v) is 10.3. The van der Waals surface area contributed by atoms with Crippen LogP contribution in [0.2, 0.25) is 0 Å². The Morgan fingerprint density at radius 1 is 1.35 bits per heavy atom. The van der Waals surface area contributed by atoms with E-state index in [0.717, 1.165) is 37.4 Å². The Morgan fingerprint density at radius 3 is 2.76 bits per heavy atom. The second-order valence-corrected chi connectivity index (χ2v) is 4.33. The van der Waals surface area contributed by atoms with E-state index in [2.05, 4.69) is 27.8 Å². The molecule has 0 N–H and O–H groups in total. The Morgan fingerprint density at radius 2 is 2.12 bits per heavy atom. The van der Waals surface area contributed by atoms with E-state index >= 15 is 0 Å². The zero-order chi connectivity index (χ0) is 12.1. The molecule has 0 aromatic carbocycles. The van der Waals surface area contributed by atoms with E-state index in [4.69, 9.17) is 5.26 Å².